The molecule has 0 aliphatic carbocycles. The van der Waals surface area contributed by atoms with Crippen LogP contribution in [-0.2, 0) is 12.8 Å². The van der Waals surface area contributed by atoms with Gasteiger partial charge in [0.2, 0.25) is 0 Å². The molecule has 1 atom stereocenters. The standard InChI is InChI=1S/C15H24O/c1-4-11-15(16,6-3)12-14-9-7-13(5-2)8-10-14/h7-10,16H,4-6,11-12H2,1-3H3. The Hall–Kier alpha value is -0.820. The fraction of sp³-hybridized carbons (Fsp3) is 0.600. The van der Waals surface area contributed by atoms with Crippen LogP contribution in [0.2, 0.25) is 0 Å². The lowest BCUT2D eigenvalue weighted by molar-refractivity contribution is 0.0271. The zero-order valence-corrected chi connectivity index (χ0v) is 10.8. The minimum atomic E-state index is -0.511. The summed E-state index contributed by atoms with van der Waals surface area (Å²) >= 11 is 0. The third kappa shape index (κ3) is 3.64. The van der Waals surface area contributed by atoms with Crippen LogP contribution in [-0.4, -0.2) is 10.7 Å². The van der Waals surface area contributed by atoms with Crippen LogP contribution in [0.1, 0.15) is 51.2 Å². The highest BCUT2D eigenvalue weighted by molar-refractivity contribution is 5.23. The van der Waals surface area contributed by atoms with Crippen molar-refractivity contribution in [1.29, 1.82) is 0 Å². The van der Waals surface area contributed by atoms with E-state index in [-0.39, 0.29) is 0 Å². The van der Waals surface area contributed by atoms with Crippen LogP contribution in [0.4, 0.5) is 0 Å². The van der Waals surface area contributed by atoms with Gasteiger partial charge in [-0.3, -0.25) is 0 Å². The molecule has 0 fully saturated rings. The SMILES string of the molecule is CCCC(O)(CC)Cc1ccc(CC)cc1. The Balaban J connectivity index is 2.70. The average Bonchev–Trinajstić information content (AvgIpc) is 2.30. The molecule has 0 radical (unpaired) electrons. The summed E-state index contributed by atoms with van der Waals surface area (Å²) in [5.74, 6) is 0. The zero-order valence-electron chi connectivity index (χ0n) is 10.8. The van der Waals surface area contributed by atoms with Crippen molar-refractivity contribution in [2.45, 2.75) is 58.5 Å². The molecule has 0 aliphatic heterocycles. The van der Waals surface area contributed by atoms with Gasteiger partial charge in [-0.25, -0.2) is 0 Å². The van der Waals surface area contributed by atoms with Gasteiger partial charge in [0.1, 0.15) is 0 Å². The highest BCUT2D eigenvalue weighted by atomic mass is 16.3. The van der Waals surface area contributed by atoms with Crippen LogP contribution >= 0.6 is 0 Å². The summed E-state index contributed by atoms with van der Waals surface area (Å²) in [5.41, 5.74) is 2.09. The van der Waals surface area contributed by atoms with Gasteiger partial charge in [0.25, 0.3) is 0 Å². The number of hydrogen-bond donors (Lipinski definition) is 1. The van der Waals surface area contributed by atoms with Gasteiger partial charge in [-0.15, -0.1) is 0 Å². The Morgan fingerprint density at radius 2 is 1.56 bits per heavy atom. The summed E-state index contributed by atoms with van der Waals surface area (Å²) in [4.78, 5) is 0. The first-order valence-electron chi connectivity index (χ1n) is 6.43. The van der Waals surface area contributed by atoms with E-state index >= 15 is 0 Å². The number of hydrogen-bond acceptors (Lipinski definition) is 1. The molecule has 1 heteroatoms. The first-order chi connectivity index (χ1) is 7.63. The molecule has 1 nitrogen and oxygen atoms in total. The summed E-state index contributed by atoms with van der Waals surface area (Å²) in [6.45, 7) is 6.35. The van der Waals surface area contributed by atoms with Gasteiger partial charge in [-0.05, 0) is 30.4 Å². The van der Waals surface area contributed by atoms with Crippen molar-refractivity contribution in [3.63, 3.8) is 0 Å². The molecule has 0 aliphatic rings. The third-order valence-electron chi connectivity index (χ3n) is 3.34. The Kier molecular flexibility index (Phi) is 5.01. The summed E-state index contributed by atoms with van der Waals surface area (Å²) in [6.07, 6.45) is 4.61. The lowest BCUT2D eigenvalue weighted by Crippen LogP contribution is -2.30. The highest BCUT2D eigenvalue weighted by Gasteiger charge is 2.23. The number of aryl methyl sites for hydroxylation is 1. The van der Waals surface area contributed by atoms with Crippen molar-refractivity contribution in [3.05, 3.63) is 35.4 Å². The number of aliphatic hydroxyl groups is 1. The first-order valence-corrected chi connectivity index (χ1v) is 6.43. The monoisotopic (exact) mass is 220 g/mol. The van der Waals surface area contributed by atoms with Gasteiger partial charge < -0.3 is 5.11 Å². The summed E-state index contributed by atoms with van der Waals surface area (Å²) in [5, 5.41) is 10.4. The lowest BCUT2D eigenvalue weighted by atomic mass is 9.87. The van der Waals surface area contributed by atoms with Gasteiger partial charge in [-0.1, -0.05) is 51.5 Å². The fourth-order valence-electron chi connectivity index (χ4n) is 2.13. The van der Waals surface area contributed by atoms with Crippen molar-refractivity contribution in [3.8, 4) is 0 Å². The Bertz CT molecular complexity index is 302. The normalized spacial score (nSPS) is 14.8. The summed E-state index contributed by atoms with van der Waals surface area (Å²) in [6, 6.07) is 8.62. The fourth-order valence-corrected chi connectivity index (χ4v) is 2.13. The molecular formula is C15H24O. The molecule has 0 saturated heterocycles. The Morgan fingerprint density at radius 3 is 2.00 bits per heavy atom. The second-order valence-electron chi connectivity index (χ2n) is 4.67. The van der Waals surface area contributed by atoms with Gasteiger partial charge in [-0.2, -0.15) is 0 Å². The number of benzene rings is 1. The van der Waals surface area contributed by atoms with Crippen LogP contribution < -0.4 is 0 Å². The first kappa shape index (κ1) is 13.2. The maximum atomic E-state index is 10.4. The van der Waals surface area contributed by atoms with E-state index in [0.717, 1.165) is 32.1 Å². The zero-order chi connectivity index (χ0) is 12.0. The van der Waals surface area contributed by atoms with E-state index in [4.69, 9.17) is 0 Å². The molecule has 1 aromatic carbocycles. The molecule has 0 bridgehead atoms. The summed E-state index contributed by atoms with van der Waals surface area (Å²) in [7, 11) is 0. The van der Waals surface area contributed by atoms with E-state index in [0.29, 0.717) is 0 Å². The third-order valence-corrected chi connectivity index (χ3v) is 3.34. The van der Waals surface area contributed by atoms with Crippen molar-refractivity contribution in [1.82, 2.24) is 0 Å². The molecule has 16 heavy (non-hydrogen) atoms. The Morgan fingerprint density at radius 1 is 1.00 bits per heavy atom. The maximum Gasteiger partial charge on any atom is 0.0685 e. The molecule has 0 spiro atoms. The maximum absolute atomic E-state index is 10.4. The molecular weight excluding hydrogens is 196 g/mol. The van der Waals surface area contributed by atoms with Crippen molar-refractivity contribution >= 4 is 0 Å². The van der Waals surface area contributed by atoms with E-state index in [9.17, 15) is 5.11 Å². The van der Waals surface area contributed by atoms with E-state index < -0.39 is 5.60 Å². The minimum Gasteiger partial charge on any atom is -0.390 e. The van der Waals surface area contributed by atoms with Gasteiger partial charge in [0, 0.05) is 6.42 Å². The molecule has 0 amide bonds. The molecule has 1 aromatic rings. The highest BCUT2D eigenvalue weighted by Crippen LogP contribution is 2.23. The van der Waals surface area contributed by atoms with Gasteiger partial charge in [0.15, 0.2) is 0 Å². The van der Waals surface area contributed by atoms with E-state index in [1.54, 1.807) is 0 Å². The minimum absolute atomic E-state index is 0.511. The molecule has 1 unspecified atom stereocenters. The number of rotatable bonds is 6. The molecule has 0 heterocycles. The van der Waals surface area contributed by atoms with Gasteiger partial charge in [0.05, 0.1) is 5.60 Å². The van der Waals surface area contributed by atoms with Crippen LogP contribution in [0.5, 0.6) is 0 Å². The van der Waals surface area contributed by atoms with Crippen molar-refractivity contribution < 1.29 is 5.11 Å². The predicted octanol–water partition coefficient (Wildman–Crippen LogP) is 3.73. The van der Waals surface area contributed by atoms with Crippen molar-refractivity contribution in [2.75, 3.05) is 0 Å². The van der Waals surface area contributed by atoms with Crippen LogP contribution in [0.3, 0.4) is 0 Å². The second kappa shape index (κ2) is 6.05. The second-order valence-corrected chi connectivity index (χ2v) is 4.67. The van der Waals surface area contributed by atoms with E-state index in [2.05, 4.69) is 45.0 Å². The summed E-state index contributed by atoms with van der Waals surface area (Å²) < 4.78 is 0. The quantitative estimate of drug-likeness (QED) is 0.774. The molecule has 90 valence electrons. The Labute approximate surface area is 99.5 Å². The molecule has 0 aromatic heterocycles. The van der Waals surface area contributed by atoms with Crippen LogP contribution in [0.25, 0.3) is 0 Å². The molecule has 0 saturated carbocycles. The van der Waals surface area contributed by atoms with Crippen LogP contribution in [0.15, 0.2) is 24.3 Å². The van der Waals surface area contributed by atoms with Crippen LogP contribution in [0, 0.1) is 0 Å². The topological polar surface area (TPSA) is 20.2 Å². The van der Waals surface area contributed by atoms with Gasteiger partial charge >= 0.3 is 0 Å². The smallest absolute Gasteiger partial charge is 0.0685 e. The lowest BCUT2D eigenvalue weighted by Gasteiger charge is -2.26. The molecule has 1 rings (SSSR count). The average molecular weight is 220 g/mol. The predicted molar refractivity (Wildman–Crippen MR) is 69.7 cm³/mol. The van der Waals surface area contributed by atoms with Crippen molar-refractivity contribution in [2.24, 2.45) is 0 Å². The largest absolute Gasteiger partial charge is 0.390 e. The molecule has 1 N–H and O–H groups in total. The van der Waals surface area contributed by atoms with E-state index in [1.807, 2.05) is 0 Å². The van der Waals surface area contributed by atoms with E-state index in [1.165, 1.54) is 11.1 Å².